The van der Waals surface area contributed by atoms with Gasteiger partial charge in [0.05, 0.1) is 11.4 Å². The van der Waals surface area contributed by atoms with Crippen LogP contribution in [0.5, 0.6) is 0 Å². The van der Waals surface area contributed by atoms with Gasteiger partial charge in [0.2, 0.25) is 0 Å². The minimum atomic E-state index is -3.68. The van der Waals surface area contributed by atoms with Crippen molar-refractivity contribution in [1.29, 1.82) is 0 Å². The molecule has 2 aromatic heterocycles. The third-order valence-corrected chi connectivity index (χ3v) is 3.99. The van der Waals surface area contributed by atoms with Crippen molar-refractivity contribution in [3.8, 4) is 0 Å². The maximum absolute atomic E-state index is 12.1. The molecule has 92 valence electrons. The Balaban J connectivity index is 2.45. The number of hydrogen-bond donors (Lipinski definition) is 1. The zero-order valence-corrected chi connectivity index (χ0v) is 10.4. The summed E-state index contributed by atoms with van der Waals surface area (Å²) in [5.41, 5.74) is 1.01. The molecule has 2 rings (SSSR count). The van der Waals surface area contributed by atoms with Crippen molar-refractivity contribution in [2.45, 2.75) is 18.7 Å². The highest BCUT2D eigenvalue weighted by molar-refractivity contribution is 7.92. The Kier molecular flexibility index (Phi) is 2.66. The quantitative estimate of drug-likeness (QED) is 0.878. The fourth-order valence-corrected chi connectivity index (χ4v) is 3.03. The van der Waals surface area contributed by atoms with Crippen molar-refractivity contribution < 1.29 is 12.9 Å². The number of anilines is 1. The molecule has 0 radical (unpaired) electrons. The van der Waals surface area contributed by atoms with Crippen LogP contribution in [-0.2, 0) is 17.1 Å². The van der Waals surface area contributed by atoms with Crippen LogP contribution in [0.15, 0.2) is 21.7 Å². The molecular weight excluding hydrogens is 244 g/mol. The van der Waals surface area contributed by atoms with Gasteiger partial charge in [0.15, 0.2) is 5.82 Å². The van der Waals surface area contributed by atoms with Crippen LogP contribution in [0.4, 0.5) is 5.82 Å². The second-order valence-electron chi connectivity index (χ2n) is 3.61. The zero-order chi connectivity index (χ0) is 12.6. The molecule has 0 bridgehead atoms. The normalized spacial score (nSPS) is 11.7. The van der Waals surface area contributed by atoms with Gasteiger partial charge in [-0.05, 0) is 13.8 Å². The highest BCUT2D eigenvalue weighted by atomic mass is 32.2. The Morgan fingerprint density at radius 3 is 2.59 bits per heavy atom. The Hall–Kier alpha value is -1.83. The lowest BCUT2D eigenvalue weighted by Crippen LogP contribution is -2.15. The predicted molar refractivity (Wildman–Crippen MR) is 60.0 cm³/mol. The Bertz CT molecular complexity index is 628. The second kappa shape index (κ2) is 3.88. The topological polar surface area (TPSA) is 90.0 Å². The van der Waals surface area contributed by atoms with Crippen molar-refractivity contribution in [2.24, 2.45) is 7.05 Å². The van der Waals surface area contributed by atoms with Gasteiger partial charge in [0.25, 0.3) is 10.0 Å². The molecule has 0 aliphatic heterocycles. The molecule has 0 aliphatic rings. The van der Waals surface area contributed by atoms with Gasteiger partial charge in [-0.1, -0.05) is 5.16 Å². The monoisotopic (exact) mass is 256 g/mol. The van der Waals surface area contributed by atoms with Crippen LogP contribution in [0.25, 0.3) is 0 Å². The fourth-order valence-electron chi connectivity index (χ4n) is 1.60. The van der Waals surface area contributed by atoms with Crippen LogP contribution in [0, 0.1) is 13.8 Å². The molecule has 0 saturated carbocycles. The zero-order valence-electron chi connectivity index (χ0n) is 9.63. The molecule has 2 aromatic rings. The summed E-state index contributed by atoms with van der Waals surface area (Å²) in [6.07, 6.45) is 1.29. The predicted octanol–water partition coefficient (Wildman–Crippen LogP) is 0.826. The summed E-state index contributed by atoms with van der Waals surface area (Å²) in [7, 11) is -1.99. The smallest absolute Gasteiger partial charge is 0.266 e. The SMILES string of the molecule is Cc1nn(C)c(C)c1S(=O)(=O)Nc1ccon1. The molecule has 0 unspecified atom stereocenters. The molecule has 0 aromatic carbocycles. The standard InChI is InChI=1S/C9H12N4O3S/c1-6-9(7(2)13(3)10-6)17(14,15)12-8-4-5-16-11-8/h4-5H,1-3H3,(H,11,12). The van der Waals surface area contributed by atoms with Gasteiger partial charge in [-0.25, -0.2) is 8.42 Å². The Morgan fingerprint density at radius 2 is 2.12 bits per heavy atom. The lowest BCUT2D eigenvalue weighted by Gasteiger charge is -2.04. The van der Waals surface area contributed by atoms with Crippen LogP contribution >= 0.6 is 0 Å². The van der Waals surface area contributed by atoms with Crippen LogP contribution in [0.3, 0.4) is 0 Å². The van der Waals surface area contributed by atoms with Crippen molar-refractivity contribution in [2.75, 3.05) is 4.72 Å². The summed E-state index contributed by atoms with van der Waals surface area (Å²) in [5, 5.41) is 7.56. The van der Waals surface area contributed by atoms with Crippen LogP contribution in [-0.4, -0.2) is 23.4 Å². The van der Waals surface area contributed by atoms with Gasteiger partial charge in [0.1, 0.15) is 11.2 Å². The van der Waals surface area contributed by atoms with Gasteiger partial charge in [-0.3, -0.25) is 9.40 Å². The van der Waals surface area contributed by atoms with E-state index in [9.17, 15) is 8.42 Å². The third-order valence-electron chi connectivity index (χ3n) is 2.39. The summed E-state index contributed by atoms with van der Waals surface area (Å²) in [5.74, 6) is 0.146. The number of aromatic nitrogens is 3. The van der Waals surface area contributed by atoms with Gasteiger partial charge >= 0.3 is 0 Å². The van der Waals surface area contributed by atoms with Crippen molar-refractivity contribution in [1.82, 2.24) is 14.9 Å². The number of rotatable bonds is 3. The number of hydrogen-bond acceptors (Lipinski definition) is 5. The second-order valence-corrected chi connectivity index (χ2v) is 5.23. The lowest BCUT2D eigenvalue weighted by molar-refractivity contribution is 0.423. The van der Waals surface area contributed by atoms with E-state index in [1.165, 1.54) is 17.0 Å². The van der Waals surface area contributed by atoms with Gasteiger partial charge in [-0.15, -0.1) is 0 Å². The van der Waals surface area contributed by atoms with Crippen molar-refractivity contribution in [3.63, 3.8) is 0 Å². The van der Waals surface area contributed by atoms with Crippen LogP contribution in [0.2, 0.25) is 0 Å². The Labute approximate surface area is 98.5 Å². The first kappa shape index (κ1) is 11.6. The van der Waals surface area contributed by atoms with E-state index in [0.29, 0.717) is 11.4 Å². The average molecular weight is 256 g/mol. The first-order valence-corrected chi connectivity index (χ1v) is 6.33. The van der Waals surface area contributed by atoms with E-state index in [1.54, 1.807) is 20.9 Å². The van der Waals surface area contributed by atoms with Crippen LogP contribution in [0.1, 0.15) is 11.4 Å². The summed E-state index contributed by atoms with van der Waals surface area (Å²) in [6, 6.07) is 1.43. The molecule has 8 heteroatoms. The number of sulfonamides is 1. The number of nitrogens with zero attached hydrogens (tertiary/aromatic N) is 3. The maximum Gasteiger partial charge on any atom is 0.266 e. The molecule has 0 fully saturated rings. The molecule has 17 heavy (non-hydrogen) atoms. The summed E-state index contributed by atoms with van der Waals surface area (Å²) in [6.45, 7) is 3.34. The van der Waals surface area contributed by atoms with E-state index in [1.807, 2.05) is 0 Å². The van der Waals surface area contributed by atoms with E-state index in [-0.39, 0.29) is 10.7 Å². The average Bonchev–Trinajstić information content (AvgIpc) is 2.76. The van der Waals surface area contributed by atoms with E-state index in [4.69, 9.17) is 0 Å². The molecule has 1 N–H and O–H groups in total. The van der Waals surface area contributed by atoms with Gasteiger partial charge < -0.3 is 4.52 Å². The maximum atomic E-state index is 12.1. The highest BCUT2D eigenvalue weighted by Crippen LogP contribution is 2.21. The van der Waals surface area contributed by atoms with E-state index in [2.05, 4.69) is 19.5 Å². The third kappa shape index (κ3) is 2.03. The van der Waals surface area contributed by atoms with E-state index >= 15 is 0 Å². The molecule has 7 nitrogen and oxygen atoms in total. The number of aryl methyl sites for hydroxylation is 2. The first-order valence-electron chi connectivity index (χ1n) is 4.85. The lowest BCUT2D eigenvalue weighted by atomic mass is 10.4. The van der Waals surface area contributed by atoms with Crippen LogP contribution < -0.4 is 4.72 Å². The Morgan fingerprint density at radius 1 is 1.41 bits per heavy atom. The van der Waals surface area contributed by atoms with Crippen molar-refractivity contribution in [3.05, 3.63) is 23.7 Å². The van der Waals surface area contributed by atoms with Gasteiger partial charge in [0, 0.05) is 13.1 Å². The number of nitrogens with one attached hydrogen (secondary N) is 1. The summed E-state index contributed by atoms with van der Waals surface area (Å²) in [4.78, 5) is 0.169. The fraction of sp³-hybridized carbons (Fsp3) is 0.333. The molecule has 0 amide bonds. The molecular formula is C9H12N4O3S. The highest BCUT2D eigenvalue weighted by Gasteiger charge is 2.24. The van der Waals surface area contributed by atoms with Crippen molar-refractivity contribution >= 4 is 15.8 Å². The van der Waals surface area contributed by atoms with E-state index < -0.39 is 10.0 Å². The summed E-state index contributed by atoms with van der Waals surface area (Å²) >= 11 is 0. The molecule has 0 saturated heterocycles. The molecule has 0 atom stereocenters. The summed E-state index contributed by atoms with van der Waals surface area (Å²) < 4.78 is 32.6. The largest absolute Gasteiger partial charge is 0.363 e. The molecule has 2 heterocycles. The molecule has 0 aliphatic carbocycles. The first-order chi connectivity index (χ1) is 7.92. The van der Waals surface area contributed by atoms with Gasteiger partial charge in [-0.2, -0.15) is 5.10 Å². The minimum Gasteiger partial charge on any atom is -0.363 e. The van der Waals surface area contributed by atoms with E-state index in [0.717, 1.165) is 0 Å². The molecule has 0 spiro atoms. The minimum absolute atomic E-state index is 0.146.